The zero-order valence-electron chi connectivity index (χ0n) is 18.1. The summed E-state index contributed by atoms with van der Waals surface area (Å²) in [7, 11) is -2.32. The number of ether oxygens (including phenoxy) is 1. The van der Waals surface area contributed by atoms with Gasteiger partial charge in [-0.15, -0.1) is 0 Å². The average molecular weight is 460 g/mol. The zero-order chi connectivity index (χ0) is 23.5. The first kappa shape index (κ1) is 23.4. The van der Waals surface area contributed by atoms with Gasteiger partial charge in [0.25, 0.3) is 11.8 Å². The number of carbonyl (C=O) groups is 3. The van der Waals surface area contributed by atoms with E-state index in [9.17, 15) is 22.8 Å². The van der Waals surface area contributed by atoms with E-state index >= 15 is 0 Å². The third-order valence-corrected chi connectivity index (χ3v) is 7.27. The fraction of sp³-hybridized carbons (Fsp3) is 0.318. The summed E-state index contributed by atoms with van der Waals surface area (Å²) in [6.07, 6.45) is -0.151. The number of rotatable bonds is 9. The number of fused-ring (bicyclic) bond motifs is 1. The molecule has 1 heterocycles. The molecule has 0 fully saturated rings. The molecule has 1 N–H and O–H groups in total. The molecule has 0 radical (unpaired) electrons. The highest BCUT2D eigenvalue weighted by Crippen LogP contribution is 2.29. The lowest BCUT2D eigenvalue weighted by Crippen LogP contribution is -2.33. The summed E-state index contributed by atoms with van der Waals surface area (Å²) in [4.78, 5) is 38.5. The minimum absolute atomic E-state index is 0.0256. The molecule has 0 unspecified atom stereocenters. The quantitative estimate of drug-likeness (QED) is 0.576. The standard InChI is InChI=1S/C22H25N3O6S/c1-4-24(5-2)32(29,30)15-10-11-19(31-3)18(14-15)23-20(26)12-13-25-21(27)16-8-6-7-9-17(16)22(25)28/h6-11,14H,4-5,12-13H2,1-3H3,(H,23,26). The van der Waals surface area contributed by atoms with Gasteiger partial charge in [0.05, 0.1) is 28.8 Å². The van der Waals surface area contributed by atoms with E-state index in [1.165, 1.54) is 29.6 Å². The van der Waals surface area contributed by atoms with Gasteiger partial charge in [-0.3, -0.25) is 19.3 Å². The number of sulfonamides is 1. The molecule has 32 heavy (non-hydrogen) atoms. The second kappa shape index (κ2) is 9.49. The number of hydrogen-bond acceptors (Lipinski definition) is 6. The first-order valence-electron chi connectivity index (χ1n) is 10.2. The molecule has 0 spiro atoms. The predicted octanol–water partition coefficient (Wildman–Crippen LogP) is 2.35. The molecule has 0 aliphatic carbocycles. The Morgan fingerprint density at radius 1 is 1.03 bits per heavy atom. The maximum atomic E-state index is 12.8. The number of amides is 3. The van der Waals surface area contributed by atoms with Crippen LogP contribution < -0.4 is 10.1 Å². The number of nitrogens with one attached hydrogen (secondary N) is 1. The van der Waals surface area contributed by atoms with Crippen LogP contribution in [0.25, 0.3) is 0 Å². The molecule has 0 aromatic heterocycles. The van der Waals surface area contributed by atoms with Gasteiger partial charge in [0, 0.05) is 26.1 Å². The van der Waals surface area contributed by atoms with Crippen molar-refractivity contribution in [2.24, 2.45) is 0 Å². The van der Waals surface area contributed by atoms with Gasteiger partial charge in [-0.2, -0.15) is 4.31 Å². The second-order valence-electron chi connectivity index (χ2n) is 7.06. The highest BCUT2D eigenvalue weighted by atomic mass is 32.2. The molecule has 1 aliphatic rings. The maximum Gasteiger partial charge on any atom is 0.261 e. The number of imide groups is 1. The molecule has 0 bridgehead atoms. The summed E-state index contributed by atoms with van der Waals surface area (Å²) < 4.78 is 32.2. The third-order valence-electron chi connectivity index (χ3n) is 5.23. The Morgan fingerprint density at radius 3 is 2.16 bits per heavy atom. The van der Waals surface area contributed by atoms with Crippen LogP contribution in [0.5, 0.6) is 5.75 Å². The molecule has 0 saturated carbocycles. The molecule has 170 valence electrons. The van der Waals surface area contributed by atoms with Crippen LogP contribution in [0.3, 0.4) is 0 Å². The molecule has 10 heteroatoms. The van der Waals surface area contributed by atoms with E-state index in [4.69, 9.17) is 4.74 Å². The number of hydrogen-bond donors (Lipinski definition) is 1. The van der Waals surface area contributed by atoms with Crippen LogP contribution in [-0.4, -0.2) is 62.1 Å². The molecule has 1 aliphatic heterocycles. The van der Waals surface area contributed by atoms with Crippen LogP contribution >= 0.6 is 0 Å². The number of anilines is 1. The van der Waals surface area contributed by atoms with Gasteiger partial charge in [-0.05, 0) is 30.3 Å². The van der Waals surface area contributed by atoms with Crippen molar-refractivity contribution < 1.29 is 27.5 Å². The topological polar surface area (TPSA) is 113 Å². The van der Waals surface area contributed by atoms with Gasteiger partial charge in [-0.25, -0.2) is 8.42 Å². The summed E-state index contributed by atoms with van der Waals surface area (Å²) in [6, 6.07) is 10.7. The number of carbonyl (C=O) groups excluding carboxylic acids is 3. The minimum atomic E-state index is -3.73. The van der Waals surface area contributed by atoms with E-state index in [1.807, 2.05) is 0 Å². The lowest BCUT2D eigenvalue weighted by molar-refractivity contribution is -0.116. The Bertz CT molecular complexity index is 1120. The molecule has 9 nitrogen and oxygen atoms in total. The summed E-state index contributed by atoms with van der Waals surface area (Å²) >= 11 is 0. The Labute approximate surface area is 187 Å². The van der Waals surface area contributed by atoms with Crippen LogP contribution in [0, 0.1) is 0 Å². The van der Waals surface area contributed by atoms with Gasteiger partial charge in [-0.1, -0.05) is 26.0 Å². The monoisotopic (exact) mass is 459 g/mol. The summed E-state index contributed by atoms with van der Waals surface area (Å²) in [5.74, 6) is -1.08. The van der Waals surface area contributed by atoms with Crippen LogP contribution in [0.15, 0.2) is 47.4 Å². The smallest absolute Gasteiger partial charge is 0.261 e. The predicted molar refractivity (Wildman–Crippen MR) is 118 cm³/mol. The van der Waals surface area contributed by atoms with Crippen molar-refractivity contribution in [1.82, 2.24) is 9.21 Å². The minimum Gasteiger partial charge on any atom is -0.495 e. The van der Waals surface area contributed by atoms with Gasteiger partial charge in [0.15, 0.2) is 0 Å². The van der Waals surface area contributed by atoms with E-state index in [0.717, 1.165) is 4.90 Å². The van der Waals surface area contributed by atoms with Gasteiger partial charge in [0.1, 0.15) is 5.75 Å². The maximum absolute atomic E-state index is 12.8. The van der Waals surface area contributed by atoms with Crippen molar-refractivity contribution in [3.05, 3.63) is 53.6 Å². The van der Waals surface area contributed by atoms with Crippen LogP contribution in [0.4, 0.5) is 5.69 Å². The van der Waals surface area contributed by atoms with Gasteiger partial charge in [0.2, 0.25) is 15.9 Å². The van der Waals surface area contributed by atoms with Crippen LogP contribution in [0.1, 0.15) is 41.0 Å². The van der Waals surface area contributed by atoms with Crippen molar-refractivity contribution in [1.29, 1.82) is 0 Å². The highest BCUT2D eigenvalue weighted by molar-refractivity contribution is 7.89. The zero-order valence-corrected chi connectivity index (χ0v) is 18.9. The fourth-order valence-electron chi connectivity index (χ4n) is 3.53. The lowest BCUT2D eigenvalue weighted by Gasteiger charge is -2.20. The Morgan fingerprint density at radius 2 is 1.62 bits per heavy atom. The summed E-state index contributed by atoms with van der Waals surface area (Å²) in [5.41, 5.74) is 0.816. The normalized spacial score (nSPS) is 13.4. The van der Waals surface area contributed by atoms with Crippen molar-refractivity contribution in [3.8, 4) is 5.75 Å². The number of methoxy groups -OCH3 is 1. The van der Waals surface area contributed by atoms with Gasteiger partial charge < -0.3 is 10.1 Å². The molecule has 0 atom stereocenters. The molecule has 3 rings (SSSR count). The van der Waals surface area contributed by atoms with Crippen LogP contribution in [-0.2, 0) is 14.8 Å². The lowest BCUT2D eigenvalue weighted by atomic mass is 10.1. The van der Waals surface area contributed by atoms with E-state index < -0.39 is 27.7 Å². The molecular weight excluding hydrogens is 434 g/mol. The summed E-state index contributed by atoms with van der Waals surface area (Å²) in [6.45, 7) is 4.01. The number of nitrogens with zero attached hydrogens (tertiary/aromatic N) is 2. The van der Waals surface area contributed by atoms with Crippen LogP contribution in [0.2, 0.25) is 0 Å². The molecule has 2 aromatic rings. The average Bonchev–Trinajstić information content (AvgIpc) is 3.03. The number of benzene rings is 2. The first-order valence-corrected chi connectivity index (χ1v) is 11.6. The van der Waals surface area contributed by atoms with E-state index in [0.29, 0.717) is 24.2 Å². The van der Waals surface area contributed by atoms with Crippen molar-refractivity contribution >= 4 is 33.4 Å². The van der Waals surface area contributed by atoms with Crippen molar-refractivity contribution in [3.63, 3.8) is 0 Å². The third kappa shape index (κ3) is 4.37. The molecule has 0 saturated heterocycles. The summed E-state index contributed by atoms with van der Waals surface area (Å²) in [5, 5.41) is 2.63. The Balaban J connectivity index is 1.74. The molecule has 3 amide bonds. The molecular formula is C22H25N3O6S. The van der Waals surface area contributed by atoms with Gasteiger partial charge >= 0.3 is 0 Å². The van der Waals surface area contributed by atoms with E-state index in [2.05, 4.69) is 5.32 Å². The SMILES string of the molecule is CCN(CC)S(=O)(=O)c1ccc(OC)c(NC(=O)CCN2C(=O)c3ccccc3C2=O)c1. The van der Waals surface area contributed by atoms with Crippen molar-refractivity contribution in [2.75, 3.05) is 32.1 Å². The first-order chi connectivity index (χ1) is 15.2. The largest absolute Gasteiger partial charge is 0.495 e. The highest BCUT2D eigenvalue weighted by Gasteiger charge is 2.35. The Hall–Kier alpha value is -3.24. The molecule has 2 aromatic carbocycles. The second-order valence-corrected chi connectivity index (χ2v) is 9.00. The fourth-order valence-corrected chi connectivity index (χ4v) is 5.01. The Kier molecular flexibility index (Phi) is 6.95. The van der Waals surface area contributed by atoms with E-state index in [1.54, 1.807) is 38.1 Å². The van der Waals surface area contributed by atoms with Crippen molar-refractivity contribution in [2.45, 2.75) is 25.2 Å². The van der Waals surface area contributed by atoms with E-state index in [-0.39, 0.29) is 29.3 Å².